The molecule has 0 aromatic carbocycles. The lowest BCUT2D eigenvalue weighted by molar-refractivity contribution is -0.189. The molecule has 0 aromatic rings. The highest BCUT2D eigenvalue weighted by molar-refractivity contribution is 5.73. The lowest BCUT2D eigenvalue weighted by Gasteiger charge is -2.35. The number of halogens is 3. The van der Waals surface area contributed by atoms with Gasteiger partial charge < -0.3 is 10.6 Å². The highest BCUT2D eigenvalue weighted by Crippen LogP contribution is 2.44. The third-order valence-electron chi connectivity index (χ3n) is 2.85. The topological polar surface area (TPSA) is 46.3 Å². The van der Waals surface area contributed by atoms with Gasteiger partial charge in [0.05, 0.1) is 11.5 Å². The minimum Gasteiger partial charge on any atom is -0.351 e. The van der Waals surface area contributed by atoms with Gasteiger partial charge in [0.15, 0.2) is 0 Å². The quantitative estimate of drug-likeness (QED) is 0.650. The van der Waals surface area contributed by atoms with E-state index in [1.807, 2.05) is 0 Å². The van der Waals surface area contributed by atoms with E-state index < -0.39 is 23.7 Å². The number of amides is 2. The average molecular weight is 210 g/mol. The molecular weight excluding hydrogens is 197 g/mol. The third kappa shape index (κ3) is 1.65. The number of nitrogens with zero attached hydrogens (tertiary/aromatic N) is 1. The fourth-order valence-electron chi connectivity index (χ4n) is 2.05. The maximum Gasteiger partial charge on any atom is 0.394 e. The lowest BCUT2D eigenvalue weighted by Crippen LogP contribution is -2.51. The van der Waals surface area contributed by atoms with Crippen LogP contribution in [0.25, 0.3) is 0 Å². The smallest absolute Gasteiger partial charge is 0.351 e. The van der Waals surface area contributed by atoms with E-state index >= 15 is 0 Å². The summed E-state index contributed by atoms with van der Waals surface area (Å²) in [7, 11) is 0. The first-order valence-electron chi connectivity index (χ1n) is 4.31. The Bertz CT molecular complexity index is 249. The van der Waals surface area contributed by atoms with Crippen molar-refractivity contribution in [1.82, 2.24) is 4.90 Å². The van der Waals surface area contributed by atoms with Crippen LogP contribution in [0.5, 0.6) is 0 Å². The summed E-state index contributed by atoms with van der Waals surface area (Å²) >= 11 is 0. The lowest BCUT2D eigenvalue weighted by atomic mass is 9.88. The predicted octanol–water partition coefficient (Wildman–Crippen LogP) is 1.73. The molecule has 0 saturated carbocycles. The van der Waals surface area contributed by atoms with E-state index in [-0.39, 0.29) is 13.0 Å². The SMILES string of the molecule is CC1(C)C(C(F)(F)F)CCN1C(N)=O. The minimum atomic E-state index is -4.27. The van der Waals surface area contributed by atoms with Crippen LogP contribution in [0.2, 0.25) is 0 Å². The van der Waals surface area contributed by atoms with Crippen molar-refractivity contribution in [1.29, 1.82) is 0 Å². The van der Waals surface area contributed by atoms with E-state index in [1.54, 1.807) is 0 Å². The van der Waals surface area contributed by atoms with Gasteiger partial charge in [0.25, 0.3) is 0 Å². The maximum atomic E-state index is 12.5. The van der Waals surface area contributed by atoms with Crippen LogP contribution in [-0.2, 0) is 0 Å². The van der Waals surface area contributed by atoms with E-state index in [9.17, 15) is 18.0 Å². The zero-order valence-corrected chi connectivity index (χ0v) is 8.06. The molecule has 1 aliphatic rings. The summed E-state index contributed by atoms with van der Waals surface area (Å²) in [5.74, 6) is -1.48. The fourth-order valence-corrected chi connectivity index (χ4v) is 2.05. The molecule has 1 rings (SSSR count). The number of hydrogen-bond acceptors (Lipinski definition) is 1. The first kappa shape index (κ1) is 11.1. The second kappa shape index (κ2) is 3.03. The molecule has 1 fully saturated rings. The average Bonchev–Trinajstić information content (AvgIpc) is 2.22. The zero-order valence-electron chi connectivity index (χ0n) is 8.06. The predicted molar refractivity (Wildman–Crippen MR) is 44.5 cm³/mol. The molecule has 1 unspecified atom stereocenters. The second-order valence-electron chi connectivity index (χ2n) is 4.03. The Morgan fingerprint density at radius 2 is 2.00 bits per heavy atom. The van der Waals surface area contributed by atoms with Crippen molar-refractivity contribution in [3.8, 4) is 0 Å². The van der Waals surface area contributed by atoms with Gasteiger partial charge in [-0.05, 0) is 20.3 Å². The Balaban J connectivity index is 2.92. The molecule has 82 valence electrons. The Morgan fingerprint density at radius 1 is 1.50 bits per heavy atom. The highest BCUT2D eigenvalue weighted by Gasteiger charge is 2.55. The van der Waals surface area contributed by atoms with Crippen LogP contribution in [0.1, 0.15) is 20.3 Å². The van der Waals surface area contributed by atoms with Crippen molar-refractivity contribution in [3.63, 3.8) is 0 Å². The molecule has 1 atom stereocenters. The summed E-state index contributed by atoms with van der Waals surface area (Å²) in [6.07, 6.45) is -4.34. The molecule has 2 amide bonds. The molecule has 6 heteroatoms. The van der Waals surface area contributed by atoms with E-state index in [0.29, 0.717) is 0 Å². The number of rotatable bonds is 0. The van der Waals surface area contributed by atoms with Gasteiger partial charge in [-0.3, -0.25) is 0 Å². The van der Waals surface area contributed by atoms with E-state index in [4.69, 9.17) is 5.73 Å². The molecule has 1 heterocycles. The molecule has 14 heavy (non-hydrogen) atoms. The number of primary amides is 1. The van der Waals surface area contributed by atoms with Crippen LogP contribution < -0.4 is 5.73 Å². The number of carbonyl (C=O) groups excluding carboxylic acids is 1. The molecule has 0 aliphatic carbocycles. The number of alkyl halides is 3. The molecule has 0 bridgehead atoms. The molecule has 0 radical (unpaired) electrons. The first-order chi connectivity index (χ1) is 6.17. The largest absolute Gasteiger partial charge is 0.394 e. The van der Waals surface area contributed by atoms with Gasteiger partial charge >= 0.3 is 12.2 Å². The van der Waals surface area contributed by atoms with Gasteiger partial charge in [0, 0.05) is 6.54 Å². The molecule has 0 aromatic heterocycles. The summed E-state index contributed by atoms with van der Waals surface area (Å²) in [5, 5.41) is 0. The Morgan fingerprint density at radius 3 is 2.21 bits per heavy atom. The van der Waals surface area contributed by atoms with Gasteiger partial charge in [0.1, 0.15) is 0 Å². The number of nitrogens with two attached hydrogens (primary N) is 1. The molecular formula is C8H13F3N2O. The molecule has 1 saturated heterocycles. The Kier molecular flexibility index (Phi) is 2.41. The summed E-state index contributed by atoms with van der Waals surface area (Å²) in [6.45, 7) is 2.86. The summed E-state index contributed by atoms with van der Waals surface area (Å²) < 4.78 is 37.5. The van der Waals surface area contributed by atoms with Gasteiger partial charge in [-0.2, -0.15) is 13.2 Å². The monoisotopic (exact) mass is 210 g/mol. The zero-order chi connectivity index (χ0) is 11.1. The summed E-state index contributed by atoms with van der Waals surface area (Å²) in [4.78, 5) is 11.9. The van der Waals surface area contributed by atoms with Crippen LogP contribution >= 0.6 is 0 Å². The standard InChI is InChI=1S/C8H13F3N2O/c1-7(2)5(8(9,10)11)3-4-13(7)6(12)14/h5H,3-4H2,1-2H3,(H2,12,14). The molecule has 0 spiro atoms. The Labute approximate surface area is 80.0 Å². The number of likely N-dealkylation sites (tertiary alicyclic amines) is 1. The highest BCUT2D eigenvalue weighted by atomic mass is 19.4. The van der Waals surface area contributed by atoms with Crippen molar-refractivity contribution >= 4 is 6.03 Å². The van der Waals surface area contributed by atoms with Crippen molar-refractivity contribution in [2.75, 3.05) is 6.54 Å². The fraction of sp³-hybridized carbons (Fsp3) is 0.875. The van der Waals surface area contributed by atoms with Crippen molar-refractivity contribution in [2.45, 2.75) is 32.0 Å². The van der Waals surface area contributed by atoms with Crippen LogP contribution in [0.15, 0.2) is 0 Å². The van der Waals surface area contributed by atoms with Gasteiger partial charge in [-0.15, -0.1) is 0 Å². The number of carbonyl (C=O) groups is 1. The normalized spacial score (nSPS) is 26.6. The van der Waals surface area contributed by atoms with Gasteiger partial charge in [-0.1, -0.05) is 0 Å². The summed E-state index contributed by atoms with van der Waals surface area (Å²) in [5.41, 5.74) is 3.77. The van der Waals surface area contributed by atoms with Crippen LogP contribution in [0, 0.1) is 5.92 Å². The van der Waals surface area contributed by atoms with Crippen molar-refractivity contribution in [2.24, 2.45) is 11.7 Å². The van der Waals surface area contributed by atoms with Gasteiger partial charge in [-0.25, -0.2) is 4.79 Å². The second-order valence-corrected chi connectivity index (χ2v) is 4.03. The third-order valence-corrected chi connectivity index (χ3v) is 2.85. The van der Waals surface area contributed by atoms with Crippen LogP contribution in [-0.4, -0.2) is 29.2 Å². The molecule has 3 nitrogen and oxygen atoms in total. The van der Waals surface area contributed by atoms with Crippen molar-refractivity contribution in [3.05, 3.63) is 0 Å². The maximum absolute atomic E-state index is 12.5. The Hall–Kier alpha value is -0.940. The first-order valence-corrected chi connectivity index (χ1v) is 4.31. The number of hydrogen-bond donors (Lipinski definition) is 1. The van der Waals surface area contributed by atoms with Crippen molar-refractivity contribution < 1.29 is 18.0 Å². The molecule has 1 aliphatic heterocycles. The van der Waals surface area contributed by atoms with Crippen LogP contribution in [0.3, 0.4) is 0 Å². The van der Waals surface area contributed by atoms with Crippen LogP contribution in [0.4, 0.5) is 18.0 Å². The van der Waals surface area contributed by atoms with E-state index in [1.165, 1.54) is 13.8 Å². The summed E-state index contributed by atoms with van der Waals surface area (Å²) in [6, 6.07) is -0.790. The minimum absolute atomic E-state index is 0.0700. The molecule has 2 N–H and O–H groups in total. The van der Waals surface area contributed by atoms with Gasteiger partial charge in [0.2, 0.25) is 0 Å². The van der Waals surface area contributed by atoms with E-state index in [0.717, 1.165) is 4.90 Å². The van der Waals surface area contributed by atoms with E-state index in [2.05, 4.69) is 0 Å². The number of urea groups is 1.